The number of hydrogen-bond donors (Lipinski definition) is 0. The highest BCUT2D eigenvalue weighted by Crippen LogP contribution is 2.23. The molecule has 6 heteroatoms. The number of furan rings is 1. The highest BCUT2D eigenvalue weighted by Gasteiger charge is 2.22. The predicted octanol–water partition coefficient (Wildman–Crippen LogP) is 3.69. The number of hydrogen-bond acceptors (Lipinski definition) is 5. The molecule has 0 aromatic carbocycles. The molecule has 1 atom stereocenters. The number of likely N-dealkylation sites (tertiary alicyclic amines) is 1. The minimum atomic E-state index is 0.607. The molecule has 1 saturated heterocycles. The molecule has 26 heavy (non-hydrogen) atoms. The first-order valence-corrected chi connectivity index (χ1v) is 9.36. The van der Waals surface area contributed by atoms with E-state index in [-0.39, 0.29) is 0 Å². The minimum absolute atomic E-state index is 0.607. The summed E-state index contributed by atoms with van der Waals surface area (Å²) < 4.78 is 7.60. The van der Waals surface area contributed by atoms with Crippen LogP contribution in [0.25, 0.3) is 11.6 Å². The monoisotopic (exact) mass is 351 g/mol. The summed E-state index contributed by atoms with van der Waals surface area (Å²) in [4.78, 5) is 15.8. The van der Waals surface area contributed by atoms with Crippen molar-refractivity contribution < 1.29 is 4.42 Å². The van der Waals surface area contributed by atoms with Crippen LogP contribution in [0.3, 0.4) is 0 Å². The van der Waals surface area contributed by atoms with E-state index in [1.165, 1.54) is 19.3 Å². The third-order valence-electron chi connectivity index (χ3n) is 5.21. The maximum atomic E-state index is 5.36. The second-order valence-electron chi connectivity index (χ2n) is 6.97. The fourth-order valence-electron chi connectivity index (χ4n) is 3.73. The lowest BCUT2D eigenvalue weighted by atomic mass is 9.98. The quantitative estimate of drug-likeness (QED) is 0.678. The normalized spacial score (nSPS) is 18.3. The molecule has 0 N–H and O–H groups in total. The first-order chi connectivity index (χ1) is 12.8. The van der Waals surface area contributed by atoms with Crippen molar-refractivity contribution in [1.82, 2.24) is 24.4 Å². The van der Waals surface area contributed by atoms with Crippen LogP contribution < -0.4 is 0 Å². The van der Waals surface area contributed by atoms with Crippen molar-refractivity contribution in [1.29, 1.82) is 0 Å². The molecule has 0 aliphatic carbocycles. The second kappa shape index (κ2) is 7.83. The molecule has 6 nitrogen and oxygen atoms in total. The average molecular weight is 351 g/mol. The Balaban J connectivity index is 1.39. The highest BCUT2D eigenvalue weighted by molar-refractivity contribution is 5.45. The van der Waals surface area contributed by atoms with Gasteiger partial charge in [0.05, 0.1) is 6.26 Å². The van der Waals surface area contributed by atoms with E-state index >= 15 is 0 Å². The minimum Gasteiger partial charge on any atom is -0.461 e. The fraction of sp³-hybridized carbons (Fsp3) is 0.450. The van der Waals surface area contributed by atoms with Crippen LogP contribution in [0.4, 0.5) is 0 Å². The molecule has 1 fully saturated rings. The van der Waals surface area contributed by atoms with Crippen molar-refractivity contribution in [3.05, 3.63) is 54.6 Å². The van der Waals surface area contributed by atoms with Crippen LogP contribution >= 0.6 is 0 Å². The van der Waals surface area contributed by atoms with Crippen LogP contribution in [0.15, 0.2) is 47.6 Å². The third-order valence-corrected chi connectivity index (χ3v) is 5.21. The van der Waals surface area contributed by atoms with Crippen LogP contribution in [0.5, 0.6) is 0 Å². The van der Waals surface area contributed by atoms with Crippen molar-refractivity contribution in [3.8, 4) is 11.6 Å². The van der Waals surface area contributed by atoms with Crippen LogP contribution in [0, 0.1) is 6.92 Å². The lowest BCUT2D eigenvalue weighted by molar-refractivity contribution is 0.128. The summed E-state index contributed by atoms with van der Waals surface area (Å²) in [6.07, 6.45) is 14.5. The Morgan fingerprint density at radius 1 is 1.19 bits per heavy atom. The van der Waals surface area contributed by atoms with Gasteiger partial charge in [0.2, 0.25) is 0 Å². The first kappa shape index (κ1) is 17.0. The van der Waals surface area contributed by atoms with Crippen molar-refractivity contribution in [2.75, 3.05) is 6.54 Å². The standard InChI is InChI=1S/C20H25N5O/c1-16-21-8-11-24(16)10-7-18-5-2-3-9-25(18)15-17-13-22-20(23-14-17)19-6-4-12-26-19/h4,6,8,11-14,18H,2-3,5,7,9-10,15H2,1H3/t18-/m0/s1. The van der Waals surface area contributed by atoms with E-state index in [4.69, 9.17) is 4.42 Å². The van der Waals surface area contributed by atoms with Gasteiger partial charge >= 0.3 is 0 Å². The smallest absolute Gasteiger partial charge is 0.195 e. The van der Waals surface area contributed by atoms with Gasteiger partial charge in [0, 0.05) is 49.5 Å². The molecular formula is C20H25N5O. The van der Waals surface area contributed by atoms with Crippen molar-refractivity contribution >= 4 is 0 Å². The van der Waals surface area contributed by atoms with E-state index in [1.807, 2.05) is 30.7 Å². The molecule has 3 aromatic heterocycles. The number of rotatable bonds is 6. The number of aromatic nitrogens is 4. The zero-order valence-electron chi connectivity index (χ0n) is 15.2. The van der Waals surface area contributed by atoms with Gasteiger partial charge in [-0.3, -0.25) is 4.90 Å². The molecule has 0 radical (unpaired) electrons. The van der Waals surface area contributed by atoms with Gasteiger partial charge in [-0.15, -0.1) is 0 Å². The summed E-state index contributed by atoms with van der Waals surface area (Å²) in [5.41, 5.74) is 1.16. The molecule has 0 bridgehead atoms. The number of aryl methyl sites for hydroxylation is 2. The van der Waals surface area contributed by atoms with Gasteiger partial charge in [0.15, 0.2) is 11.6 Å². The number of piperidine rings is 1. The van der Waals surface area contributed by atoms with Crippen molar-refractivity contribution in [2.24, 2.45) is 0 Å². The predicted molar refractivity (Wildman–Crippen MR) is 99.4 cm³/mol. The molecule has 4 rings (SSSR count). The van der Waals surface area contributed by atoms with Gasteiger partial charge in [0.25, 0.3) is 0 Å². The Hall–Kier alpha value is -2.47. The van der Waals surface area contributed by atoms with Crippen LogP contribution in [-0.2, 0) is 13.1 Å². The van der Waals surface area contributed by atoms with Crippen molar-refractivity contribution in [3.63, 3.8) is 0 Å². The topological polar surface area (TPSA) is 60.0 Å². The summed E-state index contributed by atoms with van der Waals surface area (Å²) in [6, 6.07) is 4.34. The average Bonchev–Trinajstić information content (AvgIpc) is 3.34. The van der Waals surface area contributed by atoms with E-state index in [1.54, 1.807) is 6.26 Å². The first-order valence-electron chi connectivity index (χ1n) is 9.36. The van der Waals surface area contributed by atoms with E-state index in [0.717, 1.165) is 37.4 Å². The van der Waals surface area contributed by atoms with E-state index in [9.17, 15) is 0 Å². The molecular weight excluding hydrogens is 326 g/mol. The van der Waals surface area contributed by atoms with Gasteiger partial charge in [-0.05, 0) is 44.9 Å². The number of imidazole rings is 1. The van der Waals surface area contributed by atoms with Gasteiger partial charge < -0.3 is 8.98 Å². The number of nitrogens with zero attached hydrogens (tertiary/aromatic N) is 5. The highest BCUT2D eigenvalue weighted by atomic mass is 16.3. The van der Waals surface area contributed by atoms with Crippen molar-refractivity contribution in [2.45, 2.75) is 51.7 Å². The molecule has 0 saturated carbocycles. The van der Waals surface area contributed by atoms with Crippen LogP contribution in [0.2, 0.25) is 0 Å². The molecule has 0 unspecified atom stereocenters. The molecule has 0 spiro atoms. The van der Waals surface area contributed by atoms with Gasteiger partial charge in [-0.25, -0.2) is 15.0 Å². The Morgan fingerprint density at radius 2 is 2.08 bits per heavy atom. The Labute approximate surface area is 153 Å². The van der Waals surface area contributed by atoms with Crippen LogP contribution in [0.1, 0.15) is 37.1 Å². The van der Waals surface area contributed by atoms with Gasteiger partial charge in [-0.2, -0.15) is 0 Å². The summed E-state index contributed by atoms with van der Waals surface area (Å²) in [7, 11) is 0. The fourth-order valence-corrected chi connectivity index (χ4v) is 3.73. The zero-order valence-corrected chi connectivity index (χ0v) is 15.2. The van der Waals surface area contributed by atoms with E-state index in [0.29, 0.717) is 17.6 Å². The summed E-state index contributed by atoms with van der Waals surface area (Å²) >= 11 is 0. The molecule has 1 aliphatic heterocycles. The lowest BCUT2D eigenvalue weighted by Crippen LogP contribution is -2.39. The largest absolute Gasteiger partial charge is 0.461 e. The zero-order chi connectivity index (χ0) is 17.8. The molecule has 4 heterocycles. The SMILES string of the molecule is Cc1nccn1CC[C@@H]1CCCCN1Cc1cnc(-c2ccco2)nc1. The molecule has 1 aliphatic rings. The summed E-state index contributed by atoms with van der Waals surface area (Å²) in [5.74, 6) is 2.45. The maximum Gasteiger partial charge on any atom is 0.195 e. The molecule has 0 amide bonds. The second-order valence-corrected chi connectivity index (χ2v) is 6.97. The molecule has 136 valence electrons. The Kier molecular flexibility index (Phi) is 5.11. The third kappa shape index (κ3) is 3.85. The summed E-state index contributed by atoms with van der Waals surface area (Å²) in [6.45, 7) is 5.15. The van der Waals surface area contributed by atoms with E-state index < -0.39 is 0 Å². The molecule has 3 aromatic rings. The maximum absolute atomic E-state index is 5.36. The summed E-state index contributed by atoms with van der Waals surface area (Å²) in [5, 5.41) is 0. The van der Waals surface area contributed by atoms with Gasteiger partial charge in [0.1, 0.15) is 5.82 Å². The Bertz CT molecular complexity index is 809. The Morgan fingerprint density at radius 3 is 2.81 bits per heavy atom. The van der Waals surface area contributed by atoms with Crippen LogP contribution in [-0.4, -0.2) is 37.0 Å². The van der Waals surface area contributed by atoms with Gasteiger partial charge in [-0.1, -0.05) is 6.42 Å². The lowest BCUT2D eigenvalue weighted by Gasteiger charge is -2.36. The van der Waals surface area contributed by atoms with E-state index in [2.05, 4.69) is 37.5 Å².